The molecule has 64 valence electrons. The Morgan fingerprint density at radius 2 is 2.00 bits per heavy atom. The van der Waals surface area contributed by atoms with Crippen LogP contribution in [0.25, 0.3) is 0 Å². The Balaban J connectivity index is 2.49. The predicted molar refractivity (Wildman–Crippen MR) is 33.8 cm³/mol. The molecule has 5 nitrogen and oxygen atoms in total. The average molecular weight is 162 g/mol. The molecule has 0 bridgehead atoms. The number of hydrogen-bond donors (Lipinski definition) is 3. The molecule has 0 aliphatic carbocycles. The minimum atomic E-state index is -1.15. The standard InChI is InChI=1S/C6H10O5/c7-3-1-4(6(9)10)11-5(8)2-3/h3-5,7-8H,1-2H2,(H,9,10)/t3-,4+,5-/m1/s1. The molecular weight excluding hydrogens is 152 g/mol. The molecule has 1 aliphatic rings. The molecule has 0 aromatic rings. The second-order valence-corrected chi connectivity index (χ2v) is 2.54. The first kappa shape index (κ1) is 8.45. The summed E-state index contributed by atoms with van der Waals surface area (Å²) in [6.07, 6.45) is -2.87. The van der Waals surface area contributed by atoms with E-state index in [1.807, 2.05) is 0 Å². The number of rotatable bonds is 1. The number of carboxylic acids is 1. The maximum Gasteiger partial charge on any atom is 0.333 e. The lowest BCUT2D eigenvalue weighted by Gasteiger charge is -2.27. The highest BCUT2D eigenvalue weighted by Gasteiger charge is 2.31. The number of ether oxygens (including phenoxy) is 1. The Hall–Kier alpha value is -0.650. The monoisotopic (exact) mass is 162 g/mol. The first-order valence-electron chi connectivity index (χ1n) is 3.34. The van der Waals surface area contributed by atoms with Crippen LogP contribution < -0.4 is 0 Å². The molecule has 11 heavy (non-hydrogen) atoms. The molecule has 0 unspecified atom stereocenters. The van der Waals surface area contributed by atoms with Gasteiger partial charge in [-0.05, 0) is 0 Å². The molecule has 0 aromatic heterocycles. The number of aliphatic hydroxyl groups excluding tert-OH is 2. The fourth-order valence-electron chi connectivity index (χ4n) is 1.04. The Morgan fingerprint density at radius 1 is 1.36 bits per heavy atom. The van der Waals surface area contributed by atoms with Crippen molar-refractivity contribution in [2.75, 3.05) is 0 Å². The molecule has 1 rings (SSSR count). The third-order valence-electron chi connectivity index (χ3n) is 1.56. The molecule has 0 radical (unpaired) electrons. The van der Waals surface area contributed by atoms with Gasteiger partial charge in [-0.25, -0.2) is 4.79 Å². The van der Waals surface area contributed by atoms with E-state index in [1.54, 1.807) is 0 Å². The summed E-state index contributed by atoms with van der Waals surface area (Å²) >= 11 is 0. The molecule has 0 aromatic carbocycles. The van der Waals surface area contributed by atoms with Crippen molar-refractivity contribution in [3.63, 3.8) is 0 Å². The van der Waals surface area contributed by atoms with Crippen molar-refractivity contribution >= 4 is 5.97 Å². The molecule has 1 aliphatic heterocycles. The van der Waals surface area contributed by atoms with E-state index in [0.29, 0.717) is 0 Å². The van der Waals surface area contributed by atoms with Gasteiger partial charge in [0.05, 0.1) is 6.10 Å². The molecule has 1 fully saturated rings. The van der Waals surface area contributed by atoms with Crippen LogP contribution >= 0.6 is 0 Å². The minimum Gasteiger partial charge on any atom is -0.479 e. The van der Waals surface area contributed by atoms with Crippen LogP contribution in [-0.4, -0.2) is 39.8 Å². The summed E-state index contributed by atoms with van der Waals surface area (Å²) in [6.45, 7) is 0. The van der Waals surface area contributed by atoms with E-state index >= 15 is 0 Å². The molecule has 1 saturated heterocycles. The fraction of sp³-hybridized carbons (Fsp3) is 0.833. The Morgan fingerprint density at radius 3 is 2.45 bits per heavy atom. The van der Waals surface area contributed by atoms with Gasteiger partial charge >= 0.3 is 5.97 Å². The van der Waals surface area contributed by atoms with Crippen molar-refractivity contribution in [2.24, 2.45) is 0 Å². The zero-order chi connectivity index (χ0) is 8.43. The van der Waals surface area contributed by atoms with Crippen LogP contribution in [-0.2, 0) is 9.53 Å². The lowest BCUT2D eigenvalue weighted by atomic mass is 10.1. The fourth-order valence-corrected chi connectivity index (χ4v) is 1.04. The van der Waals surface area contributed by atoms with E-state index in [0.717, 1.165) is 0 Å². The lowest BCUT2D eigenvalue weighted by Crippen LogP contribution is -2.39. The van der Waals surface area contributed by atoms with Crippen LogP contribution in [0.15, 0.2) is 0 Å². The number of carboxylic acid groups (broad SMARTS) is 1. The Labute approximate surface area is 63.2 Å². The summed E-state index contributed by atoms with van der Waals surface area (Å²) in [5.74, 6) is -1.15. The van der Waals surface area contributed by atoms with Crippen LogP contribution in [0.4, 0.5) is 0 Å². The van der Waals surface area contributed by atoms with E-state index < -0.39 is 24.5 Å². The maximum atomic E-state index is 10.3. The molecular formula is C6H10O5. The third-order valence-corrected chi connectivity index (χ3v) is 1.56. The number of aliphatic carboxylic acids is 1. The normalized spacial score (nSPS) is 38.5. The summed E-state index contributed by atoms with van der Waals surface area (Å²) < 4.78 is 4.61. The second kappa shape index (κ2) is 3.17. The smallest absolute Gasteiger partial charge is 0.333 e. The van der Waals surface area contributed by atoms with E-state index in [-0.39, 0.29) is 12.8 Å². The second-order valence-electron chi connectivity index (χ2n) is 2.54. The quantitative estimate of drug-likeness (QED) is 0.457. The average Bonchev–Trinajstić information content (AvgIpc) is 1.85. The van der Waals surface area contributed by atoms with E-state index in [2.05, 4.69) is 4.74 Å². The zero-order valence-corrected chi connectivity index (χ0v) is 5.80. The van der Waals surface area contributed by atoms with Gasteiger partial charge in [0, 0.05) is 12.8 Å². The highest BCUT2D eigenvalue weighted by molar-refractivity contribution is 5.72. The van der Waals surface area contributed by atoms with Gasteiger partial charge in [-0.15, -0.1) is 0 Å². The SMILES string of the molecule is O=C(O)[C@@H]1C[C@@H](O)C[C@H](O)O1. The van der Waals surface area contributed by atoms with Crippen molar-refractivity contribution in [3.05, 3.63) is 0 Å². The van der Waals surface area contributed by atoms with E-state index in [1.165, 1.54) is 0 Å². The van der Waals surface area contributed by atoms with Crippen molar-refractivity contribution in [3.8, 4) is 0 Å². The summed E-state index contributed by atoms with van der Waals surface area (Å²) in [5, 5.41) is 26.3. The number of carbonyl (C=O) groups is 1. The van der Waals surface area contributed by atoms with E-state index in [9.17, 15) is 4.79 Å². The van der Waals surface area contributed by atoms with Crippen molar-refractivity contribution in [2.45, 2.75) is 31.3 Å². The molecule has 0 saturated carbocycles. The first-order valence-corrected chi connectivity index (χ1v) is 3.34. The molecule has 1 heterocycles. The molecule has 3 N–H and O–H groups in total. The van der Waals surface area contributed by atoms with Gasteiger partial charge < -0.3 is 20.1 Å². The lowest BCUT2D eigenvalue weighted by molar-refractivity contribution is -0.203. The van der Waals surface area contributed by atoms with Gasteiger partial charge in [-0.3, -0.25) is 0 Å². The summed E-state index contributed by atoms with van der Waals surface area (Å²) in [5.41, 5.74) is 0. The summed E-state index contributed by atoms with van der Waals surface area (Å²) in [4.78, 5) is 10.3. The van der Waals surface area contributed by atoms with Gasteiger partial charge in [-0.2, -0.15) is 0 Å². The summed E-state index contributed by atoms with van der Waals surface area (Å²) in [7, 11) is 0. The van der Waals surface area contributed by atoms with Gasteiger partial charge in [0.15, 0.2) is 12.4 Å². The van der Waals surface area contributed by atoms with Crippen molar-refractivity contribution in [1.29, 1.82) is 0 Å². The van der Waals surface area contributed by atoms with Gasteiger partial charge in [-0.1, -0.05) is 0 Å². The number of hydrogen-bond acceptors (Lipinski definition) is 4. The van der Waals surface area contributed by atoms with Crippen LogP contribution in [0.2, 0.25) is 0 Å². The third kappa shape index (κ3) is 2.14. The van der Waals surface area contributed by atoms with Crippen molar-refractivity contribution < 1.29 is 24.9 Å². The van der Waals surface area contributed by atoms with E-state index in [4.69, 9.17) is 15.3 Å². The van der Waals surface area contributed by atoms with Crippen LogP contribution in [0.3, 0.4) is 0 Å². The predicted octanol–water partition coefficient (Wildman–Crippen LogP) is -1.07. The van der Waals surface area contributed by atoms with Gasteiger partial charge in [0.2, 0.25) is 0 Å². The molecule has 5 heteroatoms. The highest BCUT2D eigenvalue weighted by Crippen LogP contribution is 2.17. The zero-order valence-electron chi connectivity index (χ0n) is 5.80. The Bertz CT molecular complexity index is 147. The minimum absolute atomic E-state index is 0.0480. The van der Waals surface area contributed by atoms with Crippen LogP contribution in [0.5, 0.6) is 0 Å². The van der Waals surface area contributed by atoms with Gasteiger partial charge in [0.25, 0.3) is 0 Å². The molecule has 0 spiro atoms. The number of aliphatic hydroxyl groups is 2. The summed E-state index contributed by atoms with van der Waals surface area (Å²) in [6, 6.07) is 0. The topological polar surface area (TPSA) is 87.0 Å². The molecule has 3 atom stereocenters. The first-order chi connectivity index (χ1) is 5.09. The Kier molecular flexibility index (Phi) is 2.43. The van der Waals surface area contributed by atoms with Crippen molar-refractivity contribution in [1.82, 2.24) is 0 Å². The largest absolute Gasteiger partial charge is 0.479 e. The van der Waals surface area contributed by atoms with Crippen LogP contribution in [0.1, 0.15) is 12.8 Å². The van der Waals surface area contributed by atoms with Crippen LogP contribution in [0, 0.1) is 0 Å². The maximum absolute atomic E-state index is 10.3. The van der Waals surface area contributed by atoms with Gasteiger partial charge in [0.1, 0.15) is 0 Å². The highest BCUT2D eigenvalue weighted by atomic mass is 16.6. The molecule has 0 amide bonds.